The Morgan fingerprint density at radius 3 is 2.12 bits per heavy atom. The average Bonchev–Trinajstić information content (AvgIpc) is 3.68. The van der Waals surface area contributed by atoms with Crippen LogP contribution in [0.4, 0.5) is 0 Å². The van der Waals surface area contributed by atoms with Crippen LogP contribution in [0.1, 0.15) is 92.2 Å². The average molecular weight is 781 g/mol. The Morgan fingerprint density at radius 2 is 1.59 bits per heavy atom. The molecule has 1 heterocycles. The number of amides is 4. The fraction of sp³-hybridized carbons (Fsp3) is 0.682. The molecule has 0 aromatic heterocycles. The van der Waals surface area contributed by atoms with Crippen molar-refractivity contribution in [2.45, 2.75) is 129 Å². The lowest BCUT2D eigenvalue weighted by Gasteiger charge is -2.41. The first-order valence-corrected chi connectivity index (χ1v) is 20.7. The van der Waals surface area contributed by atoms with Crippen LogP contribution in [0.2, 0.25) is 0 Å². The third-order valence-corrected chi connectivity index (χ3v) is 12.1. The van der Waals surface area contributed by atoms with E-state index in [1.165, 1.54) is 0 Å². The fourth-order valence-corrected chi connectivity index (χ4v) is 8.56. The van der Waals surface area contributed by atoms with Crippen LogP contribution in [0.3, 0.4) is 0 Å². The number of benzene rings is 1. The molecule has 1 unspecified atom stereocenters. The maximum absolute atomic E-state index is 14.3. The summed E-state index contributed by atoms with van der Waals surface area (Å²) < 4.78 is 12.1. The topological polar surface area (TPSA) is 155 Å². The quantitative estimate of drug-likeness (QED) is 0.141. The number of likely N-dealkylation sites (N-methyl/N-ethyl adjacent to an activating group) is 2. The Labute approximate surface area is 336 Å². The van der Waals surface area contributed by atoms with Gasteiger partial charge in [-0.1, -0.05) is 110 Å². The Balaban J connectivity index is 1.80. The molecule has 0 spiro atoms. The van der Waals surface area contributed by atoms with Gasteiger partial charge in [0.15, 0.2) is 0 Å². The number of carbonyl (C=O) groups excluding carboxylic acids is 4. The number of carbonyl (C=O) groups is 4. The fourth-order valence-electron chi connectivity index (χ4n) is 8.56. The van der Waals surface area contributed by atoms with Crippen molar-refractivity contribution in [2.24, 2.45) is 35.3 Å². The van der Waals surface area contributed by atoms with Crippen molar-refractivity contribution in [1.82, 2.24) is 25.8 Å². The van der Waals surface area contributed by atoms with Crippen LogP contribution >= 0.6 is 0 Å². The van der Waals surface area contributed by atoms with Crippen molar-refractivity contribution in [3.8, 4) is 0 Å². The summed E-state index contributed by atoms with van der Waals surface area (Å²) >= 11 is 0. The summed E-state index contributed by atoms with van der Waals surface area (Å²) in [6.07, 6.45) is 10.0. The molecule has 0 bridgehead atoms. The van der Waals surface area contributed by atoms with Crippen molar-refractivity contribution < 1.29 is 28.7 Å². The number of likely N-dealkylation sites (tertiary alicyclic amines) is 1. The van der Waals surface area contributed by atoms with Gasteiger partial charge in [-0.2, -0.15) is 0 Å². The summed E-state index contributed by atoms with van der Waals surface area (Å²) in [4.78, 5) is 59.4. The van der Waals surface area contributed by atoms with Gasteiger partial charge >= 0.3 is 0 Å². The highest BCUT2D eigenvalue weighted by atomic mass is 16.5. The van der Waals surface area contributed by atoms with E-state index < -0.39 is 42.3 Å². The summed E-state index contributed by atoms with van der Waals surface area (Å²) in [5.74, 6) is -1.46. The second-order valence-corrected chi connectivity index (χ2v) is 16.5. The molecule has 11 atom stereocenters. The number of rotatable bonds is 21. The number of nitrogens with zero attached hydrogens (tertiary/aromatic N) is 2. The zero-order chi connectivity index (χ0) is 41.7. The second-order valence-electron chi connectivity index (χ2n) is 16.5. The zero-order valence-corrected chi connectivity index (χ0v) is 35.9. The first-order valence-electron chi connectivity index (χ1n) is 20.7. The third kappa shape index (κ3) is 11.7. The van der Waals surface area contributed by atoms with Gasteiger partial charge in [-0.05, 0) is 49.6 Å². The molecule has 1 aromatic carbocycles. The molecule has 56 heavy (non-hydrogen) atoms. The second kappa shape index (κ2) is 22.4. The molecule has 1 fully saturated rings. The third-order valence-electron chi connectivity index (χ3n) is 12.1. The molecule has 0 saturated carbocycles. The highest BCUT2D eigenvalue weighted by molar-refractivity contribution is 5.90. The van der Waals surface area contributed by atoms with Crippen LogP contribution in [0.15, 0.2) is 54.6 Å². The van der Waals surface area contributed by atoms with E-state index in [2.05, 4.69) is 41.9 Å². The van der Waals surface area contributed by atoms with E-state index in [1.807, 2.05) is 82.0 Å². The standard InChI is InChI=1S/C44H72N6O6/c1-12-29(6)40(49(9)44(54)38(28(4)5)47-43(53)37(46-8)27(2)3)34(55-10)26-35(51)50-25-19-24-33(50)41(56-11)30(7)42(52)48-39(32-22-17-14-18-23-32)36(45)31-20-15-13-16-21-31/h13-18,20-22,27-30,32-34,36-41,46H,12,19,23-26,45H2,1-11H3,(H,47,53)(H,48,52)/t29-,30+,32?,33-,34+,36-,37-,38-,39-,40-,41+/m0/s1. The van der Waals surface area contributed by atoms with Gasteiger partial charge in [0.25, 0.3) is 0 Å². The van der Waals surface area contributed by atoms with E-state index >= 15 is 0 Å². The molecule has 3 rings (SSSR count). The largest absolute Gasteiger partial charge is 0.379 e. The van der Waals surface area contributed by atoms with Gasteiger partial charge in [0.1, 0.15) is 6.04 Å². The lowest BCUT2D eigenvalue weighted by Crippen LogP contribution is -2.59. The molecule has 4 amide bonds. The number of hydrogen-bond donors (Lipinski definition) is 4. The smallest absolute Gasteiger partial charge is 0.245 e. The van der Waals surface area contributed by atoms with E-state index in [0.29, 0.717) is 13.0 Å². The maximum atomic E-state index is 14.3. The van der Waals surface area contributed by atoms with Gasteiger partial charge < -0.3 is 41.0 Å². The number of methoxy groups -OCH3 is 2. The van der Waals surface area contributed by atoms with Crippen molar-refractivity contribution in [3.63, 3.8) is 0 Å². The van der Waals surface area contributed by atoms with Crippen molar-refractivity contribution in [3.05, 3.63) is 60.2 Å². The van der Waals surface area contributed by atoms with Gasteiger partial charge in [0.05, 0.1) is 54.8 Å². The maximum Gasteiger partial charge on any atom is 0.245 e. The lowest BCUT2D eigenvalue weighted by atomic mass is 9.84. The predicted molar refractivity (Wildman–Crippen MR) is 222 cm³/mol. The number of ether oxygens (including phenoxy) is 2. The van der Waals surface area contributed by atoms with Crippen LogP contribution in [0, 0.1) is 29.6 Å². The Morgan fingerprint density at radius 1 is 0.929 bits per heavy atom. The molecule has 2 aliphatic rings. The number of nitrogens with one attached hydrogen (secondary N) is 3. The van der Waals surface area contributed by atoms with Crippen LogP contribution < -0.4 is 21.7 Å². The molecule has 0 radical (unpaired) electrons. The number of allylic oxidation sites excluding steroid dienone is 3. The minimum absolute atomic E-state index is 0.0135. The van der Waals surface area contributed by atoms with E-state index in [0.717, 1.165) is 24.8 Å². The lowest BCUT2D eigenvalue weighted by molar-refractivity contribution is -0.148. The molecule has 1 aliphatic carbocycles. The van der Waals surface area contributed by atoms with Crippen LogP contribution in [-0.2, 0) is 28.7 Å². The van der Waals surface area contributed by atoms with Gasteiger partial charge in [0.2, 0.25) is 23.6 Å². The molecule has 1 aliphatic heterocycles. The van der Waals surface area contributed by atoms with Crippen LogP contribution in [0.5, 0.6) is 0 Å². The predicted octanol–water partition coefficient (Wildman–Crippen LogP) is 4.61. The number of nitrogens with two attached hydrogens (primary N) is 1. The summed E-state index contributed by atoms with van der Waals surface area (Å²) in [7, 11) is 6.65. The normalized spacial score (nSPS) is 21.8. The molecule has 314 valence electrons. The Bertz CT molecular complexity index is 1470. The van der Waals surface area contributed by atoms with Crippen LogP contribution in [0.25, 0.3) is 0 Å². The first-order chi connectivity index (χ1) is 26.6. The summed E-state index contributed by atoms with van der Waals surface area (Å²) in [5.41, 5.74) is 7.78. The van der Waals surface area contributed by atoms with E-state index in [4.69, 9.17) is 15.2 Å². The summed E-state index contributed by atoms with van der Waals surface area (Å²) in [5, 5.41) is 9.35. The van der Waals surface area contributed by atoms with E-state index in [1.54, 1.807) is 33.2 Å². The highest BCUT2D eigenvalue weighted by Crippen LogP contribution is 2.31. The number of hydrogen-bond acceptors (Lipinski definition) is 8. The molecular formula is C44H72N6O6. The molecular weight excluding hydrogens is 709 g/mol. The van der Waals surface area contributed by atoms with Crippen LogP contribution in [-0.4, -0.2) is 111 Å². The van der Waals surface area contributed by atoms with Crippen molar-refractivity contribution in [1.29, 1.82) is 0 Å². The Hall–Kier alpha value is -3.58. The van der Waals surface area contributed by atoms with Crippen molar-refractivity contribution >= 4 is 23.6 Å². The Kier molecular flexibility index (Phi) is 18.7. The van der Waals surface area contributed by atoms with E-state index in [9.17, 15) is 19.2 Å². The highest BCUT2D eigenvalue weighted by Gasteiger charge is 2.43. The van der Waals surface area contributed by atoms with Gasteiger partial charge in [-0.25, -0.2) is 0 Å². The molecule has 12 nitrogen and oxygen atoms in total. The van der Waals surface area contributed by atoms with Gasteiger partial charge in [-0.15, -0.1) is 0 Å². The van der Waals surface area contributed by atoms with Gasteiger partial charge in [0, 0.05) is 33.7 Å². The summed E-state index contributed by atoms with van der Waals surface area (Å²) in [6, 6.07) is 7.07. The SMILES string of the molecule is CC[C@H](C)[C@@H]([C@@H](CC(=O)N1CCC[C@H]1[C@H](OC)[C@@H](C)C(=O)N[C@@H](C1C=CC=CC1)[C@@H](N)c1ccccc1)OC)N(C)C(=O)[C@@H](NC(=O)[C@@H](NC)C(C)C)C(C)C. The molecule has 1 saturated heterocycles. The van der Waals surface area contributed by atoms with Gasteiger partial charge in [-0.3, -0.25) is 19.2 Å². The molecule has 5 N–H and O–H groups in total. The zero-order valence-electron chi connectivity index (χ0n) is 35.9. The monoisotopic (exact) mass is 781 g/mol. The first kappa shape index (κ1) is 46.8. The van der Waals surface area contributed by atoms with Crippen molar-refractivity contribution in [2.75, 3.05) is 34.9 Å². The molecule has 1 aromatic rings. The molecule has 12 heteroatoms. The summed E-state index contributed by atoms with van der Waals surface area (Å²) in [6.45, 7) is 14.2. The van der Waals surface area contributed by atoms with E-state index in [-0.39, 0.29) is 65.8 Å². The minimum atomic E-state index is -0.757. The minimum Gasteiger partial charge on any atom is -0.379 e.